The van der Waals surface area contributed by atoms with Crippen LogP contribution in [0, 0.1) is 0 Å². The summed E-state index contributed by atoms with van der Waals surface area (Å²) < 4.78 is 0. The number of allylic oxidation sites excluding steroid dienone is 1. The summed E-state index contributed by atoms with van der Waals surface area (Å²) in [6.45, 7) is 6.23. The topological polar surface area (TPSA) is 12.0 Å². The molecular weight excluding hydrogens is 146 g/mol. The Morgan fingerprint density at radius 3 is 2.58 bits per heavy atom. The Morgan fingerprint density at radius 2 is 2.00 bits per heavy atom. The van der Waals surface area contributed by atoms with Crippen molar-refractivity contribution >= 4 is 0 Å². The second-order valence-corrected chi connectivity index (χ2v) is 3.83. The van der Waals surface area contributed by atoms with Crippen LogP contribution in [0.5, 0.6) is 0 Å². The molecule has 1 saturated carbocycles. The van der Waals surface area contributed by atoms with Gasteiger partial charge in [0.05, 0.1) is 0 Å². The lowest BCUT2D eigenvalue weighted by molar-refractivity contribution is 0.393. The third kappa shape index (κ3) is 3.29. The van der Waals surface area contributed by atoms with E-state index in [1.807, 2.05) is 0 Å². The van der Waals surface area contributed by atoms with E-state index in [0.717, 1.165) is 12.5 Å². The van der Waals surface area contributed by atoms with Gasteiger partial charge in [-0.25, -0.2) is 0 Å². The van der Waals surface area contributed by atoms with E-state index in [1.54, 1.807) is 0 Å². The largest absolute Gasteiger partial charge is 0.386 e. The van der Waals surface area contributed by atoms with Crippen molar-refractivity contribution in [3.63, 3.8) is 0 Å². The lowest BCUT2D eigenvalue weighted by Crippen LogP contribution is -2.29. The SMILES string of the molecule is C=C(CCC)NC1CCCCC1. The monoisotopic (exact) mass is 167 g/mol. The van der Waals surface area contributed by atoms with Gasteiger partial charge in [0.2, 0.25) is 0 Å². The zero-order valence-corrected chi connectivity index (χ0v) is 8.23. The molecule has 0 bridgehead atoms. The first kappa shape index (κ1) is 9.63. The van der Waals surface area contributed by atoms with Crippen molar-refractivity contribution in [2.24, 2.45) is 0 Å². The van der Waals surface area contributed by atoms with Crippen molar-refractivity contribution in [2.45, 2.75) is 57.9 Å². The summed E-state index contributed by atoms with van der Waals surface area (Å²) in [7, 11) is 0. The van der Waals surface area contributed by atoms with Crippen LogP contribution in [-0.2, 0) is 0 Å². The van der Waals surface area contributed by atoms with Crippen molar-refractivity contribution in [1.82, 2.24) is 5.32 Å². The summed E-state index contributed by atoms with van der Waals surface area (Å²) in [4.78, 5) is 0. The van der Waals surface area contributed by atoms with E-state index in [0.29, 0.717) is 0 Å². The molecule has 0 aromatic carbocycles. The fourth-order valence-electron chi connectivity index (χ4n) is 1.91. The molecule has 1 aliphatic rings. The molecule has 70 valence electrons. The summed E-state index contributed by atoms with van der Waals surface area (Å²) >= 11 is 0. The quantitative estimate of drug-likeness (QED) is 0.678. The van der Waals surface area contributed by atoms with E-state index < -0.39 is 0 Å². The lowest BCUT2D eigenvalue weighted by Gasteiger charge is -2.24. The highest BCUT2D eigenvalue weighted by Gasteiger charge is 2.12. The first-order valence-electron chi connectivity index (χ1n) is 5.27. The molecule has 0 amide bonds. The molecule has 1 nitrogen and oxygen atoms in total. The van der Waals surface area contributed by atoms with Gasteiger partial charge in [0.15, 0.2) is 0 Å². The smallest absolute Gasteiger partial charge is 0.0258 e. The Kier molecular flexibility index (Phi) is 4.20. The van der Waals surface area contributed by atoms with Crippen molar-refractivity contribution in [2.75, 3.05) is 0 Å². The van der Waals surface area contributed by atoms with Gasteiger partial charge in [-0.2, -0.15) is 0 Å². The molecule has 0 aliphatic heterocycles. The first-order chi connectivity index (χ1) is 5.83. The van der Waals surface area contributed by atoms with Gasteiger partial charge < -0.3 is 5.32 Å². The summed E-state index contributed by atoms with van der Waals surface area (Å²) in [5, 5.41) is 3.53. The second-order valence-electron chi connectivity index (χ2n) is 3.83. The van der Waals surface area contributed by atoms with Crippen LogP contribution in [-0.4, -0.2) is 6.04 Å². The molecule has 0 atom stereocenters. The number of nitrogens with one attached hydrogen (secondary N) is 1. The Hall–Kier alpha value is -0.460. The molecule has 0 radical (unpaired) electrons. The molecule has 12 heavy (non-hydrogen) atoms. The minimum Gasteiger partial charge on any atom is -0.386 e. The van der Waals surface area contributed by atoms with Crippen LogP contribution in [0.25, 0.3) is 0 Å². The van der Waals surface area contributed by atoms with Crippen LogP contribution in [0.2, 0.25) is 0 Å². The Morgan fingerprint density at radius 1 is 1.33 bits per heavy atom. The molecule has 1 rings (SSSR count). The van der Waals surface area contributed by atoms with Crippen molar-refractivity contribution in [3.8, 4) is 0 Å². The van der Waals surface area contributed by atoms with Gasteiger partial charge in [-0.1, -0.05) is 39.2 Å². The standard InChI is InChI=1S/C11H21N/c1-3-7-10(2)12-11-8-5-4-6-9-11/h11-12H,2-9H2,1H3. The van der Waals surface area contributed by atoms with Crippen LogP contribution >= 0.6 is 0 Å². The first-order valence-corrected chi connectivity index (χ1v) is 5.27. The molecule has 0 unspecified atom stereocenters. The van der Waals surface area contributed by atoms with Crippen molar-refractivity contribution in [3.05, 3.63) is 12.3 Å². The maximum absolute atomic E-state index is 4.03. The fourth-order valence-corrected chi connectivity index (χ4v) is 1.91. The van der Waals surface area contributed by atoms with E-state index in [2.05, 4.69) is 18.8 Å². The molecule has 0 saturated heterocycles. The molecule has 0 aromatic heterocycles. The Balaban J connectivity index is 2.15. The van der Waals surface area contributed by atoms with Gasteiger partial charge in [0.1, 0.15) is 0 Å². The number of hydrogen-bond acceptors (Lipinski definition) is 1. The van der Waals surface area contributed by atoms with Gasteiger partial charge in [-0.3, -0.25) is 0 Å². The number of hydrogen-bond donors (Lipinski definition) is 1. The molecule has 1 aliphatic carbocycles. The minimum atomic E-state index is 0.734. The summed E-state index contributed by atoms with van der Waals surface area (Å²) in [6.07, 6.45) is 9.27. The van der Waals surface area contributed by atoms with E-state index >= 15 is 0 Å². The minimum absolute atomic E-state index is 0.734. The zero-order chi connectivity index (χ0) is 8.81. The van der Waals surface area contributed by atoms with Crippen LogP contribution in [0.1, 0.15) is 51.9 Å². The highest BCUT2D eigenvalue weighted by molar-refractivity contribution is 4.93. The van der Waals surface area contributed by atoms with Gasteiger partial charge in [-0.05, 0) is 19.3 Å². The number of rotatable bonds is 4. The van der Waals surface area contributed by atoms with E-state index in [9.17, 15) is 0 Å². The highest BCUT2D eigenvalue weighted by Crippen LogP contribution is 2.18. The van der Waals surface area contributed by atoms with Crippen molar-refractivity contribution < 1.29 is 0 Å². The van der Waals surface area contributed by atoms with Crippen LogP contribution in [0.15, 0.2) is 12.3 Å². The zero-order valence-electron chi connectivity index (χ0n) is 8.23. The molecule has 1 fully saturated rings. The predicted molar refractivity (Wildman–Crippen MR) is 54.1 cm³/mol. The summed E-state index contributed by atoms with van der Waals surface area (Å²) in [5.74, 6) is 0. The molecule has 1 heteroatoms. The second kappa shape index (κ2) is 5.23. The average molecular weight is 167 g/mol. The maximum atomic E-state index is 4.03. The fraction of sp³-hybridized carbons (Fsp3) is 0.818. The molecule has 0 spiro atoms. The molecular formula is C11H21N. The van der Waals surface area contributed by atoms with E-state index in [1.165, 1.54) is 44.2 Å². The highest BCUT2D eigenvalue weighted by atomic mass is 14.9. The summed E-state index contributed by atoms with van der Waals surface area (Å²) in [5.41, 5.74) is 1.24. The van der Waals surface area contributed by atoms with E-state index in [4.69, 9.17) is 0 Å². The summed E-state index contributed by atoms with van der Waals surface area (Å²) in [6, 6.07) is 0.734. The van der Waals surface area contributed by atoms with E-state index in [-0.39, 0.29) is 0 Å². The average Bonchev–Trinajstić information content (AvgIpc) is 2.06. The Labute approximate surface area is 76.2 Å². The third-order valence-electron chi connectivity index (χ3n) is 2.57. The molecule has 0 heterocycles. The molecule has 1 N–H and O–H groups in total. The third-order valence-corrected chi connectivity index (χ3v) is 2.57. The van der Waals surface area contributed by atoms with Crippen LogP contribution in [0.3, 0.4) is 0 Å². The van der Waals surface area contributed by atoms with Crippen LogP contribution in [0.4, 0.5) is 0 Å². The predicted octanol–water partition coefficient (Wildman–Crippen LogP) is 3.22. The Bertz CT molecular complexity index is 134. The lowest BCUT2D eigenvalue weighted by atomic mass is 9.95. The normalized spacial score (nSPS) is 19.1. The molecule has 0 aromatic rings. The van der Waals surface area contributed by atoms with Gasteiger partial charge in [-0.15, -0.1) is 0 Å². The maximum Gasteiger partial charge on any atom is 0.0258 e. The van der Waals surface area contributed by atoms with Crippen LogP contribution < -0.4 is 5.32 Å². The van der Waals surface area contributed by atoms with Gasteiger partial charge in [0, 0.05) is 11.7 Å². The van der Waals surface area contributed by atoms with Crippen molar-refractivity contribution in [1.29, 1.82) is 0 Å². The van der Waals surface area contributed by atoms with Gasteiger partial charge in [0.25, 0.3) is 0 Å². The van der Waals surface area contributed by atoms with Gasteiger partial charge >= 0.3 is 0 Å².